The fourth-order valence-corrected chi connectivity index (χ4v) is 5.15. The van der Waals surface area contributed by atoms with Crippen molar-refractivity contribution in [3.63, 3.8) is 0 Å². The fourth-order valence-electron chi connectivity index (χ4n) is 4.96. The molecule has 0 spiro atoms. The van der Waals surface area contributed by atoms with Crippen LogP contribution in [0.4, 0.5) is 0 Å². The molecule has 0 aromatic heterocycles. The Balaban J connectivity index is 0.00000289. The highest BCUT2D eigenvalue weighted by Crippen LogP contribution is 2.40. The first-order valence-corrected chi connectivity index (χ1v) is 11.9. The van der Waals surface area contributed by atoms with Crippen molar-refractivity contribution in [3.8, 4) is 11.5 Å². The van der Waals surface area contributed by atoms with Gasteiger partial charge in [-0.3, -0.25) is 9.69 Å². The lowest BCUT2D eigenvalue weighted by Crippen LogP contribution is -2.34. The number of benzene rings is 2. The molecule has 0 radical (unpaired) electrons. The summed E-state index contributed by atoms with van der Waals surface area (Å²) in [6.07, 6.45) is 4.07. The molecule has 0 bridgehead atoms. The second-order valence-corrected chi connectivity index (χ2v) is 9.04. The van der Waals surface area contributed by atoms with Gasteiger partial charge < -0.3 is 9.47 Å². The van der Waals surface area contributed by atoms with Gasteiger partial charge in [0.25, 0.3) is 0 Å². The minimum absolute atomic E-state index is 0. The van der Waals surface area contributed by atoms with Crippen molar-refractivity contribution in [2.24, 2.45) is 11.8 Å². The standard InChI is InChI=1S/C26H32ClNO3.ClH/c1-3-30-24-15-20-14-21(26(29)22(20)16-25(24)31-4-2)13-18-9-11-28(12-10-18)17-19-7-5-6-8-23(19)27;/h5-8,15-16,18,21H,3-4,9-14,17H2,1-2H3;1H. The molecule has 4 nitrogen and oxygen atoms in total. The summed E-state index contributed by atoms with van der Waals surface area (Å²) in [6, 6.07) is 12.0. The molecule has 6 heteroatoms. The van der Waals surface area contributed by atoms with Crippen LogP contribution in [-0.4, -0.2) is 37.0 Å². The first-order valence-electron chi connectivity index (χ1n) is 11.5. The number of halogens is 2. The quantitative estimate of drug-likeness (QED) is 0.452. The number of ether oxygens (including phenoxy) is 2. The van der Waals surface area contributed by atoms with E-state index in [1.54, 1.807) is 0 Å². The Morgan fingerprint density at radius 1 is 1.03 bits per heavy atom. The molecule has 1 fully saturated rings. The summed E-state index contributed by atoms with van der Waals surface area (Å²) in [6.45, 7) is 8.09. The minimum Gasteiger partial charge on any atom is -0.490 e. The zero-order chi connectivity index (χ0) is 21.8. The van der Waals surface area contributed by atoms with E-state index in [-0.39, 0.29) is 24.1 Å². The Labute approximate surface area is 202 Å². The van der Waals surface area contributed by atoms with Crippen LogP contribution in [0.1, 0.15) is 54.6 Å². The van der Waals surface area contributed by atoms with Gasteiger partial charge in [-0.05, 0) is 87.9 Å². The number of piperidine rings is 1. The molecular weight excluding hydrogens is 445 g/mol. The summed E-state index contributed by atoms with van der Waals surface area (Å²) in [5.74, 6) is 2.40. The van der Waals surface area contributed by atoms with Crippen LogP contribution in [0.2, 0.25) is 5.02 Å². The highest BCUT2D eigenvalue weighted by atomic mass is 35.5. The third-order valence-corrected chi connectivity index (χ3v) is 6.92. The smallest absolute Gasteiger partial charge is 0.166 e. The third-order valence-electron chi connectivity index (χ3n) is 6.55. The van der Waals surface area contributed by atoms with Crippen molar-refractivity contribution in [3.05, 3.63) is 58.1 Å². The maximum Gasteiger partial charge on any atom is 0.166 e. The van der Waals surface area contributed by atoms with E-state index in [9.17, 15) is 4.79 Å². The van der Waals surface area contributed by atoms with Crippen molar-refractivity contribution in [2.45, 2.75) is 46.1 Å². The molecular formula is C26H33Cl2NO3. The molecule has 0 saturated carbocycles. The molecule has 0 amide bonds. The number of Topliss-reactive ketones (excluding diaryl/α,β-unsaturated/α-hetero) is 1. The lowest BCUT2D eigenvalue weighted by molar-refractivity contribution is 0.0895. The van der Waals surface area contributed by atoms with Crippen LogP contribution in [0.5, 0.6) is 11.5 Å². The van der Waals surface area contributed by atoms with E-state index >= 15 is 0 Å². The van der Waals surface area contributed by atoms with Crippen molar-refractivity contribution in [1.82, 2.24) is 4.90 Å². The van der Waals surface area contributed by atoms with Gasteiger partial charge in [0.05, 0.1) is 13.2 Å². The molecule has 1 aliphatic carbocycles. The van der Waals surface area contributed by atoms with Gasteiger partial charge in [0, 0.05) is 23.0 Å². The van der Waals surface area contributed by atoms with Crippen LogP contribution in [0, 0.1) is 11.8 Å². The van der Waals surface area contributed by atoms with Gasteiger partial charge in [-0.2, -0.15) is 0 Å². The molecule has 0 N–H and O–H groups in total. The normalized spacial score (nSPS) is 18.8. The molecule has 32 heavy (non-hydrogen) atoms. The van der Waals surface area contributed by atoms with E-state index in [2.05, 4.69) is 11.0 Å². The van der Waals surface area contributed by atoms with Crippen LogP contribution in [-0.2, 0) is 13.0 Å². The van der Waals surface area contributed by atoms with Gasteiger partial charge in [0.2, 0.25) is 0 Å². The van der Waals surface area contributed by atoms with Crippen molar-refractivity contribution >= 4 is 29.8 Å². The Kier molecular flexibility index (Phi) is 8.87. The average molecular weight is 478 g/mol. The van der Waals surface area contributed by atoms with Crippen LogP contribution < -0.4 is 9.47 Å². The highest BCUT2D eigenvalue weighted by Gasteiger charge is 2.34. The SMILES string of the molecule is CCOc1cc2c(cc1OCC)C(=O)C(CC1CCN(Cc3ccccc3Cl)CC1)C2.Cl. The van der Waals surface area contributed by atoms with E-state index in [0.717, 1.165) is 67.2 Å². The second-order valence-electron chi connectivity index (χ2n) is 8.63. The van der Waals surface area contributed by atoms with E-state index in [0.29, 0.717) is 24.9 Å². The molecule has 1 unspecified atom stereocenters. The van der Waals surface area contributed by atoms with Gasteiger partial charge in [0.1, 0.15) is 0 Å². The largest absolute Gasteiger partial charge is 0.490 e. The number of carbonyl (C=O) groups excluding carboxylic acids is 1. The van der Waals surface area contributed by atoms with Crippen molar-refractivity contribution in [2.75, 3.05) is 26.3 Å². The number of nitrogens with zero attached hydrogens (tertiary/aromatic N) is 1. The van der Waals surface area contributed by atoms with Crippen molar-refractivity contribution < 1.29 is 14.3 Å². The van der Waals surface area contributed by atoms with Crippen molar-refractivity contribution in [1.29, 1.82) is 0 Å². The molecule has 1 heterocycles. The predicted octanol–water partition coefficient (Wildman–Crippen LogP) is 6.22. The lowest BCUT2D eigenvalue weighted by atomic mass is 9.85. The first-order chi connectivity index (χ1) is 15.1. The van der Waals surface area contributed by atoms with E-state index in [4.69, 9.17) is 21.1 Å². The van der Waals surface area contributed by atoms with Crippen LogP contribution in [0.3, 0.4) is 0 Å². The summed E-state index contributed by atoms with van der Waals surface area (Å²) in [4.78, 5) is 15.6. The molecule has 4 rings (SSSR count). The topological polar surface area (TPSA) is 38.8 Å². The lowest BCUT2D eigenvalue weighted by Gasteiger charge is -2.33. The number of fused-ring (bicyclic) bond motifs is 1. The molecule has 2 aromatic rings. The number of rotatable bonds is 8. The van der Waals surface area contributed by atoms with Crippen LogP contribution in [0.25, 0.3) is 0 Å². The number of likely N-dealkylation sites (tertiary alicyclic amines) is 1. The first kappa shape index (κ1) is 24.9. The predicted molar refractivity (Wildman–Crippen MR) is 132 cm³/mol. The maximum atomic E-state index is 13.1. The summed E-state index contributed by atoms with van der Waals surface area (Å²) >= 11 is 6.33. The molecule has 174 valence electrons. The number of hydrogen-bond acceptors (Lipinski definition) is 4. The van der Waals surface area contributed by atoms with E-state index in [1.807, 2.05) is 44.2 Å². The molecule has 2 aromatic carbocycles. The number of hydrogen-bond donors (Lipinski definition) is 0. The molecule has 1 aliphatic heterocycles. The second kappa shape index (κ2) is 11.4. The molecule has 1 saturated heterocycles. The van der Waals surface area contributed by atoms with E-state index < -0.39 is 0 Å². The zero-order valence-electron chi connectivity index (χ0n) is 18.9. The van der Waals surface area contributed by atoms with Gasteiger partial charge in [-0.25, -0.2) is 0 Å². The van der Waals surface area contributed by atoms with Gasteiger partial charge in [-0.15, -0.1) is 12.4 Å². The Bertz CT molecular complexity index is 925. The average Bonchev–Trinajstić information content (AvgIpc) is 3.06. The highest BCUT2D eigenvalue weighted by molar-refractivity contribution is 6.31. The van der Waals surface area contributed by atoms with Crippen LogP contribution in [0.15, 0.2) is 36.4 Å². The molecule has 2 aliphatic rings. The van der Waals surface area contributed by atoms with E-state index in [1.165, 1.54) is 5.56 Å². The monoisotopic (exact) mass is 477 g/mol. The summed E-state index contributed by atoms with van der Waals surface area (Å²) in [7, 11) is 0. The summed E-state index contributed by atoms with van der Waals surface area (Å²) in [5.41, 5.74) is 3.13. The Hall–Kier alpha value is -1.75. The summed E-state index contributed by atoms with van der Waals surface area (Å²) < 4.78 is 11.5. The fraction of sp³-hybridized carbons (Fsp3) is 0.500. The third kappa shape index (κ3) is 5.59. The Morgan fingerprint density at radius 3 is 2.34 bits per heavy atom. The van der Waals surface area contributed by atoms with Crippen LogP contribution >= 0.6 is 24.0 Å². The minimum atomic E-state index is 0. The number of carbonyl (C=O) groups is 1. The maximum absolute atomic E-state index is 13.1. The zero-order valence-corrected chi connectivity index (χ0v) is 20.5. The Morgan fingerprint density at radius 2 is 1.69 bits per heavy atom. The van der Waals surface area contributed by atoms with Gasteiger partial charge >= 0.3 is 0 Å². The summed E-state index contributed by atoms with van der Waals surface area (Å²) in [5, 5.41) is 0.844. The number of ketones is 1. The molecule has 1 atom stereocenters. The van der Waals surface area contributed by atoms with Gasteiger partial charge in [0.15, 0.2) is 17.3 Å². The van der Waals surface area contributed by atoms with Gasteiger partial charge in [-0.1, -0.05) is 29.8 Å².